The van der Waals surface area contributed by atoms with Gasteiger partial charge in [0, 0.05) is 6.20 Å². The van der Waals surface area contributed by atoms with Crippen molar-refractivity contribution in [1.82, 2.24) is 9.55 Å². The summed E-state index contributed by atoms with van der Waals surface area (Å²) in [5, 5.41) is 0. The summed E-state index contributed by atoms with van der Waals surface area (Å²) in [5.74, 6) is 0. The highest BCUT2D eigenvalue weighted by atomic mass is 79.9. The molecule has 0 atom stereocenters. The molecule has 18 heavy (non-hydrogen) atoms. The van der Waals surface area contributed by atoms with Gasteiger partial charge in [-0.2, -0.15) is 13.2 Å². The molecule has 0 aromatic carbocycles. The number of aromatic nitrogens is 2. The predicted molar refractivity (Wildman–Crippen MR) is 59.0 cm³/mol. The molecule has 2 aromatic heterocycles. The normalized spacial score (nSPS) is 11.8. The molecular weight excluding hydrogens is 317 g/mol. The van der Waals surface area contributed by atoms with Crippen LogP contribution in [-0.4, -0.2) is 9.55 Å². The van der Waals surface area contributed by atoms with Gasteiger partial charge in [0.2, 0.25) is 0 Å². The second-order valence-corrected chi connectivity index (χ2v) is 4.34. The lowest BCUT2D eigenvalue weighted by Gasteiger charge is -2.10. The van der Waals surface area contributed by atoms with E-state index in [1.54, 1.807) is 0 Å². The zero-order chi connectivity index (χ0) is 13.3. The average Bonchev–Trinajstić information content (AvgIpc) is 2.75. The van der Waals surface area contributed by atoms with Crippen LogP contribution in [-0.2, 0) is 12.7 Å². The van der Waals surface area contributed by atoms with Crippen molar-refractivity contribution in [3.05, 3.63) is 51.0 Å². The first-order valence-electron chi connectivity index (χ1n) is 4.72. The minimum Gasteiger partial charge on any atom is -0.451 e. The fourth-order valence-electron chi connectivity index (χ4n) is 1.36. The van der Waals surface area contributed by atoms with Crippen LogP contribution in [0, 0.1) is 0 Å². The number of alkyl halides is 3. The molecule has 8 heteroatoms. The maximum Gasteiger partial charge on any atom is 0.417 e. The zero-order valence-corrected chi connectivity index (χ0v) is 10.3. The Labute approximate surface area is 107 Å². The second kappa shape index (κ2) is 4.60. The summed E-state index contributed by atoms with van der Waals surface area (Å²) in [6, 6.07) is 0.752. The van der Waals surface area contributed by atoms with Gasteiger partial charge in [-0.15, -0.1) is 0 Å². The van der Waals surface area contributed by atoms with Gasteiger partial charge in [0.15, 0.2) is 6.39 Å². The maximum atomic E-state index is 12.6. The van der Waals surface area contributed by atoms with Crippen molar-refractivity contribution < 1.29 is 17.6 Å². The molecule has 96 valence electrons. The molecule has 0 spiro atoms. The van der Waals surface area contributed by atoms with Gasteiger partial charge in [-0.25, -0.2) is 4.98 Å². The number of pyridine rings is 1. The third-order valence-corrected chi connectivity index (χ3v) is 2.75. The summed E-state index contributed by atoms with van der Waals surface area (Å²) < 4.78 is 43.2. The highest BCUT2D eigenvalue weighted by Crippen LogP contribution is 2.29. The van der Waals surface area contributed by atoms with E-state index in [4.69, 9.17) is 4.42 Å². The number of hydrogen-bond acceptors (Lipinski definition) is 3. The monoisotopic (exact) mass is 322 g/mol. The Morgan fingerprint density at radius 1 is 1.44 bits per heavy atom. The van der Waals surface area contributed by atoms with Crippen molar-refractivity contribution in [1.29, 1.82) is 0 Å². The van der Waals surface area contributed by atoms with Crippen LogP contribution >= 0.6 is 15.9 Å². The molecule has 2 heterocycles. The van der Waals surface area contributed by atoms with Gasteiger partial charge in [0.05, 0.1) is 22.3 Å². The van der Waals surface area contributed by atoms with Gasteiger partial charge in [-0.3, -0.25) is 4.79 Å². The summed E-state index contributed by atoms with van der Waals surface area (Å²) in [6.45, 7) is -0.0855. The molecule has 0 amide bonds. The van der Waals surface area contributed by atoms with Crippen molar-refractivity contribution >= 4 is 15.9 Å². The summed E-state index contributed by atoms with van der Waals surface area (Å²) in [4.78, 5) is 15.4. The zero-order valence-electron chi connectivity index (χ0n) is 8.74. The van der Waals surface area contributed by atoms with E-state index in [9.17, 15) is 18.0 Å². The van der Waals surface area contributed by atoms with Gasteiger partial charge in [0.25, 0.3) is 5.56 Å². The molecule has 0 aliphatic heterocycles. The highest BCUT2D eigenvalue weighted by Gasteiger charge is 2.32. The molecule has 0 saturated heterocycles. The first kappa shape index (κ1) is 12.9. The fourth-order valence-corrected chi connectivity index (χ4v) is 1.84. The van der Waals surface area contributed by atoms with Crippen LogP contribution in [0.2, 0.25) is 0 Å². The third kappa shape index (κ3) is 2.63. The molecule has 0 radical (unpaired) electrons. The number of oxazole rings is 1. The molecule has 2 rings (SSSR count). The Bertz CT molecular complexity index is 605. The topological polar surface area (TPSA) is 48.0 Å². The predicted octanol–water partition coefficient (Wildman–Crippen LogP) is 2.67. The molecular formula is C10H6BrF3N2O2. The van der Waals surface area contributed by atoms with Crippen molar-refractivity contribution in [2.24, 2.45) is 0 Å². The van der Waals surface area contributed by atoms with Crippen molar-refractivity contribution in [2.45, 2.75) is 12.7 Å². The van der Waals surface area contributed by atoms with Crippen molar-refractivity contribution in [3.63, 3.8) is 0 Å². The quantitative estimate of drug-likeness (QED) is 0.854. The minimum atomic E-state index is -4.51. The molecule has 0 aliphatic carbocycles. The van der Waals surface area contributed by atoms with Crippen molar-refractivity contribution in [3.8, 4) is 0 Å². The van der Waals surface area contributed by atoms with Crippen LogP contribution in [0.15, 0.2) is 38.6 Å². The van der Waals surface area contributed by atoms with E-state index in [0.717, 1.165) is 23.2 Å². The average molecular weight is 323 g/mol. The van der Waals surface area contributed by atoms with Gasteiger partial charge >= 0.3 is 6.18 Å². The largest absolute Gasteiger partial charge is 0.451 e. The number of hydrogen-bond donors (Lipinski definition) is 0. The third-order valence-electron chi connectivity index (χ3n) is 2.19. The lowest BCUT2D eigenvalue weighted by molar-refractivity contribution is -0.138. The maximum absolute atomic E-state index is 12.6. The van der Waals surface area contributed by atoms with Gasteiger partial charge in [0.1, 0.15) is 6.26 Å². The smallest absolute Gasteiger partial charge is 0.417 e. The Balaban J connectivity index is 2.46. The summed E-state index contributed by atoms with van der Waals surface area (Å²) in [5.41, 5.74) is -1.10. The van der Waals surface area contributed by atoms with E-state index >= 15 is 0 Å². The van der Waals surface area contributed by atoms with Crippen LogP contribution in [0.25, 0.3) is 0 Å². The first-order valence-corrected chi connectivity index (χ1v) is 5.51. The molecule has 2 aromatic rings. The van der Waals surface area contributed by atoms with Crippen molar-refractivity contribution in [2.75, 3.05) is 0 Å². The minimum absolute atomic E-state index is 0.0855. The fraction of sp³-hybridized carbons (Fsp3) is 0.200. The lowest BCUT2D eigenvalue weighted by atomic mass is 10.2. The molecule has 0 unspecified atom stereocenters. The number of nitrogens with zero attached hydrogens (tertiary/aromatic N) is 2. The molecule has 0 aliphatic rings. The van der Waals surface area contributed by atoms with Gasteiger partial charge in [-0.1, -0.05) is 0 Å². The van der Waals surface area contributed by atoms with Crippen LogP contribution in [0.4, 0.5) is 13.2 Å². The molecule has 0 fully saturated rings. The first-order chi connectivity index (χ1) is 8.38. The molecule has 0 bridgehead atoms. The lowest BCUT2D eigenvalue weighted by Crippen LogP contribution is -2.23. The summed E-state index contributed by atoms with van der Waals surface area (Å²) in [7, 11) is 0. The molecule has 0 saturated carbocycles. The standard InChI is InChI=1S/C10H6BrF3N2O2/c11-8-1-6(10(12,13)14)2-16(9(8)17)3-7-4-18-5-15-7/h1-2,4-5H,3H2. The Hall–Kier alpha value is -1.57. The van der Waals surface area contributed by atoms with Gasteiger partial charge in [-0.05, 0) is 22.0 Å². The summed E-state index contributed by atoms with van der Waals surface area (Å²) >= 11 is 2.82. The SMILES string of the molecule is O=c1c(Br)cc(C(F)(F)F)cn1Cc1cocn1. The number of halogens is 4. The molecule has 0 N–H and O–H groups in total. The van der Waals surface area contributed by atoms with Gasteiger partial charge < -0.3 is 8.98 Å². The summed E-state index contributed by atoms with van der Waals surface area (Å²) in [6.07, 6.45) is -1.35. The van der Waals surface area contributed by atoms with E-state index < -0.39 is 17.3 Å². The molecule has 4 nitrogen and oxygen atoms in total. The van der Waals surface area contributed by atoms with Crippen LogP contribution in [0.1, 0.15) is 11.3 Å². The van der Waals surface area contributed by atoms with Crippen LogP contribution in [0.3, 0.4) is 0 Å². The van der Waals surface area contributed by atoms with Crippen LogP contribution in [0.5, 0.6) is 0 Å². The number of rotatable bonds is 2. The van der Waals surface area contributed by atoms with E-state index in [1.807, 2.05) is 0 Å². The Morgan fingerprint density at radius 2 is 2.17 bits per heavy atom. The second-order valence-electron chi connectivity index (χ2n) is 3.49. The Morgan fingerprint density at radius 3 is 2.72 bits per heavy atom. The van der Waals surface area contributed by atoms with E-state index in [1.165, 1.54) is 6.26 Å². The van der Waals surface area contributed by atoms with E-state index in [0.29, 0.717) is 5.69 Å². The van der Waals surface area contributed by atoms with E-state index in [2.05, 4.69) is 20.9 Å². The highest BCUT2D eigenvalue weighted by molar-refractivity contribution is 9.10. The van der Waals surface area contributed by atoms with E-state index in [-0.39, 0.29) is 11.0 Å². The van der Waals surface area contributed by atoms with Crippen LogP contribution < -0.4 is 5.56 Å². The Kier molecular flexibility index (Phi) is 3.29.